The number of hydrogen-bond acceptors (Lipinski definition) is 3. The van der Waals surface area contributed by atoms with Crippen molar-refractivity contribution in [3.8, 4) is 0 Å². The van der Waals surface area contributed by atoms with Gasteiger partial charge in [-0.25, -0.2) is 0 Å². The normalized spacial score (nSPS) is 12.5. The Labute approximate surface area is 196 Å². The van der Waals surface area contributed by atoms with Crippen LogP contribution in [0.1, 0.15) is 49.5 Å². The first-order valence-electron chi connectivity index (χ1n) is 8.62. The van der Waals surface area contributed by atoms with E-state index in [1.165, 1.54) is 6.16 Å². The Hall–Kier alpha value is 0.676. The van der Waals surface area contributed by atoms with Crippen LogP contribution in [0.3, 0.4) is 0 Å². The Morgan fingerprint density at radius 3 is 2.56 bits per heavy atom. The zero-order valence-corrected chi connectivity index (χ0v) is 20.5. The summed E-state index contributed by atoms with van der Waals surface area (Å²) in [6, 6.07) is 5.66. The molecule has 1 rings (SSSR count). The summed E-state index contributed by atoms with van der Waals surface area (Å²) >= 11 is 0. The molecular formula is C19H32KN2O2P. The van der Waals surface area contributed by atoms with Crippen LogP contribution in [0.4, 0.5) is 5.69 Å². The largest absolute Gasteiger partial charge is 1.00 e. The number of nitrogen functional groups attached to an aromatic ring is 1. The van der Waals surface area contributed by atoms with Crippen LogP contribution in [0.2, 0.25) is 0 Å². The molecule has 0 bridgehead atoms. The van der Waals surface area contributed by atoms with Gasteiger partial charge in [-0.3, -0.25) is 4.79 Å². The molecule has 0 spiro atoms. The van der Waals surface area contributed by atoms with E-state index in [0.717, 1.165) is 44.1 Å². The first kappa shape index (κ1) is 25.7. The summed E-state index contributed by atoms with van der Waals surface area (Å²) in [5.74, 6) is 0.00801. The van der Waals surface area contributed by atoms with E-state index in [4.69, 9.17) is 5.73 Å². The predicted octanol–water partition coefficient (Wildman–Crippen LogP) is 1.05. The summed E-state index contributed by atoms with van der Waals surface area (Å²) in [6.45, 7) is 9.27. The number of carbonyl (C=O) groups is 1. The molecule has 1 aromatic rings. The van der Waals surface area contributed by atoms with Crippen LogP contribution in [0.5, 0.6) is 0 Å². The van der Waals surface area contributed by atoms with Crippen molar-refractivity contribution in [3.05, 3.63) is 34.6 Å². The fourth-order valence-electron chi connectivity index (χ4n) is 2.41. The molecule has 1 aromatic carbocycles. The van der Waals surface area contributed by atoms with Gasteiger partial charge in [0, 0.05) is 11.3 Å². The number of nitrogens with zero attached hydrogens (tertiary/aromatic N) is 1. The second kappa shape index (κ2) is 13.0. The number of Topliss-reactive ketones (excluding diaryl/α,β-unsaturated/α-hetero) is 1. The molecule has 0 aliphatic heterocycles. The maximum atomic E-state index is 11.5. The van der Waals surface area contributed by atoms with Crippen LogP contribution in [0, 0.1) is 0 Å². The Morgan fingerprint density at radius 1 is 1.28 bits per heavy atom. The summed E-state index contributed by atoms with van der Waals surface area (Å²) in [6.07, 6.45) is 5.18. The zero-order chi connectivity index (χ0) is 18.2. The van der Waals surface area contributed by atoms with E-state index in [-0.39, 0.29) is 65.1 Å². The molecule has 0 saturated heterocycles. The van der Waals surface area contributed by atoms with Crippen molar-refractivity contribution in [2.24, 2.45) is 0 Å². The van der Waals surface area contributed by atoms with Crippen LogP contribution >= 0.6 is 7.92 Å². The fraction of sp³-hybridized carbons (Fsp3) is 0.632. The monoisotopic (exact) mass is 390 g/mol. The molecular weight excluding hydrogens is 358 g/mol. The molecule has 0 radical (unpaired) electrons. The van der Waals surface area contributed by atoms with Crippen LogP contribution in [0.25, 0.3) is 5.32 Å². The van der Waals surface area contributed by atoms with Gasteiger partial charge in [-0.1, -0.05) is 12.5 Å². The number of aliphatic hydroxyl groups is 1. The number of hydrogen-bond donors (Lipinski definition) is 2. The number of carbonyl (C=O) groups excluding carboxylic acids is 1. The maximum absolute atomic E-state index is 11.5. The maximum Gasteiger partial charge on any atom is 1.00 e. The minimum Gasteiger partial charge on any atom is -0.662 e. The van der Waals surface area contributed by atoms with E-state index >= 15 is 0 Å². The van der Waals surface area contributed by atoms with E-state index in [0.29, 0.717) is 11.3 Å². The molecule has 0 aliphatic carbocycles. The average molecular weight is 391 g/mol. The fourth-order valence-corrected chi connectivity index (χ4v) is 4.25. The summed E-state index contributed by atoms with van der Waals surface area (Å²) in [5, 5.41) is 14.3. The minimum absolute atomic E-state index is 0. The Balaban J connectivity index is 0.00000576. The van der Waals surface area contributed by atoms with Gasteiger partial charge in [0.1, 0.15) is 0 Å². The van der Waals surface area contributed by atoms with Gasteiger partial charge in [0.05, 0.1) is 5.60 Å². The SMILES string of the molecule is CC(=O)c1cc(CC[N-]CCCP(C)CCC(C)(C)O)ccc1N.[K+]. The quantitative estimate of drug-likeness (QED) is 0.195. The van der Waals surface area contributed by atoms with Crippen molar-refractivity contribution in [1.29, 1.82) is 0 Å². The number of rotatable bonds is 11. The van der Waals surface area contributed by atoms with E-state index in [1.807, 2.05) is 26.0 Å². The summed E-state index contributed by atoms with van der Waals surface area (Å²) < 4.78 is 0. The van der Waals surface area contributed by atoms with Crippen molar-refractivity contribution in [2.75, 3.05) is 37.8 Å². The van der Waals surface area contributed by atoms with Crippen molar-refractivity contribution < 1.29 is 61.3 Å². The number of anilines is 1. The van der Waals surface area contributed by atoms with Crippen LogP contribution in [-0.2, 0) is 6.42 Å². The Morgan fingerprint density at radius 2 is 1.96 bits per heavy atom. The summed E-state index contributed by atoms with van der Waals surface area (Å²) in [4.78, 5) is 11.5. The molecule has 0 aromatic heterocycles. The molecule has 1 unspecified atom stereocenters. The van der Waals surface area contributed by atoms with Crippen LogP contribution < -0.4 is 57.1 Å². The zero-order valence-electron chi connectivity index (χ0n) is 16.5. The van der Waals surface area contributed by atoms with Gasteiger partial charge >= 0.3 is 51.4 Å². The molecule has 3 N–H and O–H groups in total. The van der Waals surface area contributed by atoms with Gasteiger partial charge in [-0.15, -0.1) is 21.0 Å². The first-order chi connectivity index (χ1) is 11.2. The molecule has 25 heavy (non-hydrogen) atoms. The van der Waals surface area contributed by atoms with E-state index in [1.54, 1.807) is 13.0 Å². The van der Waals surface area contributed by atoms with Gasteiger partial charge in [0.25, 0.3) is 0 Å². The Bertz CT molecular complexity index is 533. The smallest absolute Gasteiger partial charge is 0.662 e. The van der Waals surface area contributed by atoms with Gasteiger partial charge in [-0.05, 0) is 70.3 Å². The van der Waals surface area contributed by atoms with Gasteiger partial charge in [0.2, 0.25) is 0 Å². The van der Waals surface area contributed by atoms with Crippen LogP contribution in [-0.4, -0.2) is 48.6 Å². The predicted molar refractivity (Wildman–Crippen MR) is 106 cm³/mol. The number of ketones is 1. The topological polar surface area (TPSA) is 77.4 Å². The molecule has 1 atom stereocenters. The van der Waals surface area contributed by atoms with Crippen molar-refractivity contribution in [3.63, 3.8) is 0 Å². The third-order valence-corrected chi connectivity index (χ3v) is 6.08. The average Bonchev–Trinajstić information content (AvgIpc) is 2.49. The summed E-state index contributed by atoms with van der Waals surface area (Å²) in [7, 11) is 0.00369. The molecule has 6 heteroatoms. The number of nitrogens with two attached hydrogens (primary N) is 1. The second-order valence-corrected chi connectivity index (χ2v) is 9.72. The molecule has 0 heterocycles. The van der Waals surface area contributed by atoms with Crippen LogP contribution in [0.15, 0.2) is 18.2 Å². The van der Waals surface area contributed by atoms with E-state index in [9.17, 15) is 9.90 Å². The molecule has 136 valence electrons. The van der Waals surface area contributed by atoms with Crippen molar-refractivity contribution in [2.45, 2.75) is 45.6 Å². The van der Waals surface area contributed by atoms with Gasteiger partial charge in [0.15, 0.2) is 5.78 Å². The van der Waals surface area contributed by atoms with E-state index in [2.05, 4.69) is 12.0 Å². The number of benzene rings is 1. The molecule has 0 amide bonds. The second-order valence-electron chi connectivity index (χ2n) is 7.12. The first-order valence-corrected chi connectivity index (χ1v) is 10.8. The van der Waals surface area contributed by atoms with Gasteiger partial charge in [-0.2, -0.15) is 0 Å². The minimum atomic E-state index is -0.543. The van der Waals surface area contributed by atoms with E-state index < -0.39 is 5.60 Å². The molecule has 0 saturated carbocycles. The third kappa shape index (κ3) is 11.9. The third-order valence-electron chi connectivity index (χ3n) is 4.02. The van der Waals surface area contributed by atoms with Gasteiger partial charge < -0.3 is 16.2 Å². The summed E-state index contributed by atoms with van der Waals surface area (Å²) in [5.41, 5.74) is 7.53. The molecule has 4 nitrogen and oxygen atoms in total. The molecule has 0 aliphatic rings. The van der Waals surface area contributed by atoms with Crippen molar-refractivity contribution >= 4 is 19.4 Å². The van der Waals surface area contributed by atoms with Crippen molar-refractivity contribution in [1.82, 2.24) is 0 Å². The standard InChI is InChI=1S/C19H32N2O2P.K/c1-15(22)17-14-16(6-7-18(17)20)8-11-21-10-5-12-24(4)13-9-19(2,3)23;/h6-7,14,23H,5,8-13,20H2,1-4H3;/q-1;+1. The Kier molecular flexibility index (Phi) is 13.3. The molecule has 0 fully saturated rings.